The number of rotatable bonds is 3. The number of hydrogen-bond donors (Lipinski definition) is 0. The zero-order valence-electron chi connectivity index (χ0n) is 11.6. The second-order valence-corrected chi connectivity index (χ2v) is 5.09. The summed E-state index contributed by atoms with van der Waals surface area (Å²) < 4.78 is 21.7. The van der Waals surface area contributed by atoms with Crippen molar-refractivity contribution < 1.29 is 23.7 Å². The Hall–Kier alpha value is -1.84. The molecule has 20 heavy (non-hydrogen) atoms. The lowest BCUT2D eigenvalue weighted by atomic mass is 10.0. The molecule has 6 heteroatoms. The summed E-state index contributed by atoms with van der Waals surface area (Å²) in [4.78, 5) is 11.3. The number of nitriles is 1. The molecule has 0 N–H and O–H groups in total. The summed E-state index contributed by atoms with van der Waals surface area (Å²) in [7, 11) is 0. The fourth-order valence-corrected chi connectivity index (χ4v) is 2.36. The average molecular weight is 279 g/mol. The summed E-state index contributed by atoms with van der Waals surface area (Å²) in [5.74, 6) is -0.714. The minimum absolute atomic E-state index is 0.213. The summed E-state index contributed by atoms with van der Waals surface area (Å²) in [6.45, 7) is 5.48. The molecule has 0 amide bonds. The Morgan fingerprint density at radius 3 is 2.55 bits per heavy atom. The van der Waals surface area contributed by atoms with Gasteiger partial charge < -0.3 is 18.9 Å². The molecule has 0 radical (unpaired) electrons. The van der Waals surface area contributed by atoms with Crippen LogP contribution in [0.5, 0.6) is 0 Å². The SMILES string of the molecule is C[C@@H]1OC(C)(C)O[C@H]1[C@H]1OC(=O)O[C@@H]1/C=C/C=C/C#N. The number of nitrogens with zero attached hydrogens (tertiary/aromatic N) is 1. The van der Waals surface area contributed by atoms with Gasteiger partial charge in [0.05, 0.1) is 12.2 Å². The molecule has 2 heterocycles. The van der Waals surface area contributed by atoms with Crippen molar-refractivity contribution >= 4 is 6.16 Å². The third-order valence-corrected chi connectivity index (χ3v) is 3.05. The van der Waals surface area contributed by atoms with Gasteiger partial charge in [0.1, 0.15) is 6.10 Å². The number of carbonyl (C=O) groups excluding carboxylic acids is 1. The van der Waals surface area contributed by atoms with E-state index in [2.05, 4.69) is 0 Å². The smallest absolute Gasteiger partial charge is 0.424 e. The summed E-state index contributed by atoms with van der Waals surface area (Å²) in [5, 5.41) is 8.40. The van der Waals surface area contributed by atoms with Crippen LogP contribution >= 0.6 is 0 Å². The fourth-order valence-electron chi connectivity index (χ4n) is 2.36. The van der Waals surface area contributed by atoms with Crippen LogP contribution in [0.1, 0.15) is 20.8 Å². The summed E-state index contributed by atoms with van der Waals surface area (Å²) in [6.07, 6.45) is 3.71. The van der Waals surface area contributed by atoms with E-state index in [0.29, 0.717) is 0 Å². The molecule has 4 atom stereocenters. The van der Waals surface area contributed by atoms with Crippen molar-refractivity contribution in [2.24, 2.45) is 0 Å². The van der Waals surface area contributed by atoms with E-state index in [0.717, 1.165) is 0 Å². The molecule has 0 saturated carbocycles. The van der Waals surface area contributed by atoms with Crippen LogP contribution in [0.25, 0.3) is 0 Å². The van der Waals surface area contributed by atoms with Gasteiger partial charge in [0.15, 0.2) is 18.0 Å². The van der Waals surface area contributed by atoms with E-state index in [1.54, 1.807) is 18.2 Å². The average Bonchev–Trinajstić information content (AvgIpc) is 2.84. The Labute approximate surface area is 117 Å². The maximum absolute atomic E-state index is 11.3. The highest BCUT2D eigenvalue weighted by molar-refractivity contribution is 5.63. The lowest BCUT2D eigenvalue weighted by Gasteiger charge is -2.21. The van der Waals surface area contributed by atoms with Gasteiger partial charge in [-0.15, -0.1) is 0 Å². The summed E-state index contributed by atoms with van der Waals surface area (Å²) in [5.41, 5.74) is 0. The van der Waals surface area contributed by atoms with Gasteiger partial charge in [-0.2, -0.15) is 5.26 Å². The predicted octanol–water partition coefficient (Wildman–Crippen LogP) is 2.07. The van der Waals surface area contributed by atoms with Gasteiger partial charge >= 0.3 is 6.16 Å². The molecule has 2 aliphatic rings. The second kappa shape index (κ2) is 5.65. The minimum atomic E-state index is -0.727. The Morgan fingerprint density at radius 1 is 1.20 bits per heavy atom. The molecule has 0 bridgehead atoms. The molecule has 0 aliphatic carbocycles. The Bertz CT molecular complexity index is 476. The van der Waals surface area contributed by atoms with Gasteiger partial charge in [0, 0.05) is 6.08 Å². The van der Waals surface area contributed by atoms with E-state index < -0.39 is 30.3 Å². The van der Waals surface area contributed by atoms with Gasteiger partial charge in [-0.1, -0.05) is 12.2 Å². The molecule has 2 rings (SSSR count). The molecule has 0 aromatic carbocycles. The third-order valence-electron chi connectivity index (χ3n) is 3.05. The number of cyclic esters (lactones) is 2. The number of ether oxygens (including phenoxy) is 4. The van der Waals surface area contributed by atoms with Gasteiger partial charge in [-0.05, 0) is 26.8 Å². The highest BCUT2D eigenvalue weighted by Crippen LogP contribution is 2.34. The zero-order valence-corrected chi connectivity index (χ0v) is 11.6. The highest BCUT2D eigenvalue weighted by atomic mass is 16.8. The number of carbonyl (C=O) groups is 1. The van der Waals surface area contributed by atoms with Crippen molar-refractivity contribution in [2.45, 2.75) is 51.0 Å². The van der Waals surface area contributed by atoms with Crippen molar-refractivity contribution in [1.29, 1.82) is 5.26 Å². The van der Waals surface area contributed by atoms with E-state index in [4.69, 9.17) is 24.2 Å². The molecule has 0 spiro atoms. The Balaban J connectivity index is 2.09. The quantitative estimate of drug-likeness (QED) is 0.447. The molecule has 2 aliphatic heterocycles. The minimum Gasteiger partial charge on any atom is -0.424 e. The van der Waals surface area contributed by atoms with Gasteiger partial charge in [-0.3, -0.25) is 0 Å². The normalized spacial score (nSPS) is 36.2. The monoisotopic (exact) mass is 279 g/mol. The standard InChI is InChI=1S/C14H17NO5/c1-9-11(20-14(2,3)19-9)12-10(17-13(16)18-12)7-5-4-6-8-15/h4-7,9-12H,1-3H3/b6-4+,7-5+/t9-,10+,11+,12-/m0/s1. The van der Waals surface area contributed by atoms with E-state index in [-0.39, 0.29) is 6.10 Å². The Morgan fingerprint density at radius 2 is 1.95 bits per heavy atom. The van der Waals surface area contributed by atoms with Crippen LogP contribution in [-0.4, -0.2) is 36.4 Å². The molecule has 6 nitrogen and oxygen atoms in total. The predicted molar refractivity (Wildman–Crippen MR) is 68.5 cm³/mol. The van der Waals surface area contributed by atoms with Crippen LogP contribution < -0.4 is 0 Å². The molecular weight excluding hydrogens is 262 g/mol. The van der Waals surface area contributed by atoms with E-state index in [1.807, 2.05) is 26.8 Å². The largest absolute Gasteiger partial charge is 0.509 e. The van der Waals surface area contributed by atoms with Crippen molar-refractivity contribution in [2.75, 3.05) is 0 Å². The first-order valence-corrected chi connectivity index (χ1v) is 6.39. The summed E-state index contributed by atoms with van der Waals surface area (Å²) >= 11 is 0. The molecule has 0 aromatic rings. The zero-order chi connectivity index (χ0) is 14.8. The van der Waals surface area contributed by atoms with Gasteiger partial charge in [0.25, 0.3) is 0 Å². The fraction of sp³-hybridized carbons (Fsp3) is 0.571. The van der Waals surface area contributed by atoms with Crippen LogP contribution in [0.4, 0.5) is 4.79 Å². The highest BCUT2D eigenvalue weighted by Gasteiger charge is 2.50. The maximum atomic E-state index is 11.3. The second-order valence-electron chi connectivity index (χ2n) is 5.09. The Kier molecular flexibility index (Phi) is 4.12. The van der Waals surface area contributed by atoms with Crippen LogP contribution in [-0.2, 0) is 18.9 Å². The van der Waals surface area contributed by atoms with Crippen LogP contribution in [0, 0.1) is 11.3 Å². The first kappa shape index (κ1) is 14.6. The summed E-state index contributed by atoms with van der Waals surface area (Å²) in [6, 6.07) is 1.87. The molecule has 108 valence electrons. The van der Waals surface area contributed by atoms with E-state index in [1.165, 1.54) is 6.08 Å². The van der Waals surface area contributed by atoms with Crippen LogP contribution in [0.3, 0.4) is 0 Å². The van der Waals surface area contributed by atoms with E-state index in [9.17, 15) is 4.79 Å². The third kappa shape index (κ3) is 3.18. The van der Waals surface area contributed by atoms with Crippen molar-refractivity contribution in [3.8, 4) is 6.07 Å². The lowest BCUT2D eigenvalue weighted by Crippen LogP contribution is -2.40. The maximum Gasteiger partial charge on any atom is 0.509 e. The van der Waals surface area contributed by atoms with E-state index >= 15 is 0 Å². The van der Waals surface area contributed by atoms with Gasteiger partial charge in [-0.25, -0.2) is 4.79 Å². The first-order chi connectivity index (χ1) is 9.43. The lowest BCUT2D eigenvalue weighted by molar-refractivity contribution is -0.153. The van der Waals surface area contributed by atoms with Crippen molar-refractivity contribution in [3.05, 3.63) is 24.3 Å². The molecular formula is C14H17NO5. The van der Waals surface area contributed by atoms with Crippen LogP contribution in [0.2, 0.25) is 0 Å². The number of hydrogen-bond acceptors (Lipinski definition) is 6. The molecule has 2 fully saturated rings. The van der Waals surface area contributed by atoms with Crippen LogP contribution in [0.15, 0.2) is 24.3 Å². The van der Waals surface area contributed by atoms with Crippen molar-refractivity contribution in [3.63, 3.8) is 0 Å². The van der Waals surface area contributed by atoms with Crippen molar-refractivity contribution in [1.82, 2.24) is 0 Å². The number of allylic oxidation sites excluding steroid dienone is 3. The molecule has 2 saturated heterocycles. The topological polar surface area (TPSA) is 77.8 Å². The van der Waals surface area contributed by atoms with Gasteiger partial charge in [0.2, 0.25) is 0 Å². The molecule has 0 aromatic heterocycles. The molecule has 0 unspecified atom stereocenters. The first-order valence-electron chi connectivity index (χ1n) is 6.39.